The number of benzene rings is 3. The number of hydrogen-bond acceptors (Lipinski definition) is 5. The maximum atomic E-state index is 13.0. The van der Waals surface area contributed by atoms with E-state index in [1.807, 2.05) is 6.07 Å². The summed E-state index contributed by atoms with van der Waals surface area (Å²) in [6.45, 7) is 1.26. The number of nitrogens with zero attached hydrogens (tertiary/aromatic N) is 2. The third-order valence-electron chi connectivity index (χ3n) is 5.73. The highest BCUT2D eigenvalue weighted by molar-refractivity contribution is 7.89. The van der Waals surface area contributed by atoms with E-state index >= 15 is 0 Å². The van der Waals surface area contributed by atoms with Gasteiger partial charge < -0.3 is 10.8 Å². The van der Waals surface area contributed by atoms with Crippen molar-refractivity contribution in [3.8, 4) is 17.2 Å². The third-order valence-corrected chi connectivity index (χ3v) is 7.64. The number of nitrogens with two attached hydrogens (primary N) is 1. The van der Waals surface area contributed by atoms with Crippen molar-refractivity contribution in [2.24, 2.45) is 0 Å². The third kappa shape index (κ3) is 6.87. The van der Waals surface area contributed by atoms with Gasteiger partial charge in [0.1, 0.15) is 0 Å². The van der Waals surface area contributed by atoms with Crippen LogP contribution in [0.2, 0.25) is 0 Å². The molecule has 3 N–H and O–H groups in total. The molecule has 0 spiro atoms. The Morgan fingerprint density at radius 1 is 0.946 bits per heavy atom. The normalized spacial score (nSPS) is 14.2. The first-order valence-corrected chi connectivity index (χ1v) is 12.7. The minimum Gasteiger partial charge on any atom is -0.478 e. The van der Waals surface area contributed by atoms with E-state index in [2.05, 4.69) is 0 Å². The summed E-state index contributed by atoms with van der Waals surface area (Å²) in [7, 11) is -3.30. The minimum atomic E-state index is -4.60. The Kier molecular flexibility index (Phi) is 8.57. The molecule has 0 radical (unpaired) electrons. The van der Waals surface area contributed by atoms with Crippen LogP contribution in [0.25, 0.3) is 11.1 Å². The molecule has 0 aromatic heterocycles. The average molecular weight is 532 g/mol. The summed E-state index contributed by atoms with van der Waals surface area (Å²) in [6, 6.07) is 16.4. The quantitative estimate of drug-likeness (QED) is 0.435. The largest absolute Gasteiger partial charge is 0.478 e. The molecule has 0 atom stereocenters. The zero-order valence-electron chi connectivity index (χ0n) is 19.6. The van der Waals surface area contributed by atoms with Gasteiger partial charge in [0.25, 0.3) is 0 Å². The van der Waals surface area contributed by atoms with Gasteiger partial charge in [-0.05, 0) is 78.6 Å². The fourth-order valence-electron chi connectivity index (χ4n) is 3.78. The van der Waals surface area contributed by atoms with Crippen LogP contribution >= 0.6 is 0 Å². The fraction of sp³-hybridized carbons (Fsp3) is 0.231. The van der Waals surface area contributed by atoms with Crippen LogP contribution in [0, 0.1) is 11.3 Å². The molecule has 0 bridgehead atoms. The lowest BCUT2D eigenvalue weighted by molar-refractivity contribution is -0.137. The molecule has 194 valence electrons. The smallest absolute Gasteiger partial charge is 0.417 e. The van der Waals surface area contributed by atoms with Crippen LogP contribution in [0.3, 0.4) is 0 Å². The van der Waals surface area contributed by atoms with E-state index in [0.717, 1.165) is 37.5 Å². The first kappa shape index (κ1) is 27.7. The lowest BCUT2D eigenvalue weighted by atomic mass is 9.96. The van der Waals surface area contributed by atoms with Crippen LogP contribution < -0.4 is 5.73 Å². The summed E-state index contributed by atoms with van der Waals surface area (Å²) < 4.78 is 65.0. The van der Waals surface area contributed by atoms with Gasteiger partial charge >= 0.3 is 12.1 Å². The molecule has 0 aliphatic carbocycles. The first-order valence-electron chi connectivity index (χ1n) is 11.2. The number of carboxylic acids is 1. The molecule has 1 fully saturated rings. The molecule has 0 unspecified atom stereocenters. The molecule has 37 heavy (non-hydrogen) atoms. The lowest BCUT2D eigenvalue weighted by Gasteiger charge is -2.25. The summed E-state index contributed by atoms with van der Waals surface area (Å²) in [4.78, 5) is 11.3. The molecule has 0 amide bonds. The Bertz CT molecular complexity index is 1390. The van der Waals surface area contributed by atoms with Crippen LogP contribution in [0.15, 0.2) is 71.6 Å². The Hall–Kier alpha value is -3.88. The average Bonchev–Trinajstić information content (AvgIpc) is 2.89. The highest BCUT2D eigenvalue weighted by Gasteiger charge is 2.34. The number of rotatable bonds is 4. The van der Waals surface area contributed by atoms with Crippen LogP contribution in [0.4, 0.5) is 18.9 Å². The van der Waals surface area contributed by atoms with Crippen molar-refractivity contribution in [3.05, 3.63) is 83.4 Å². The van der Waals surface area contributed by atoms with Gasteiger partial charge in [0.05, 0.1) is 27.7 Å². The SMILES string of the molecule is N#Cc1ccc(-c2cc(C(=O)O)ccc2C(F)(F)F)cc1.Nc1ccc(S(=O)(=O)N2CCCCC2)cc1. The number of nitriles is 1. The van der Waals surface area contributed by atoms with Crippen molar-refractivity contribution in [1.29, 1.82) is 5.26 Å². The van der Waals surface area contributed by atoms with Crippen molar-refractivity contribution >= 4 is 21.7 Å². The van der Waals surface area contributed by atoms with Gasteiger partial charge in [-0.1, -0.05) is 18.6 Å². The molecule has 7 nitrogen and oxygen atoms in total. The molecular formula is C26H24F3N3O4S. The van der Waals surface area contributed by atoms with E-state index < -0.39 is 27.7 Å². The van der Waals surface area contributed by atoms with Gasteiger partial charge in [0.15, 0.2) is 0 Å². The fourth-order valence-corrected chi connectivity index (χ4v) is 5.30. The highest BCUT2D eigenvalue weighted by atomic mass is 32.2. The van der Waals surface area contributed by atoms with Crippen molar-refractivity contribution in [2.75, 3.05) is 18.8 Å². The van der Waals surface area contributed by atoms with E-state index in [4.69, 9.17) is 16.1 Å². The van der Waals surface area contributed by atoms with Crippen molar-refractivity contribution in [3.63, 3.8) is 0 Å². The summed E-state index contributed by atoms with van der Waals surface area (Å²) in [6.07, 6.45) is -1.57. The van der Waals surface area contributed by atoms with E-state index in [9.17, 15) is 26.4 Å². The summed E-state index contributed by atoms with van der Waals surface area (Å²) in [5.74, 6) is -1.31. The highest BCUT2D eigenvalue weighted by Crippen LogP contribution is 2.37. The predicted molar refractivity (Wildman–Crippen MR) is 132 cm³/mol. The predicted octanol–water partition coefficient (Wildman–Crippen LogP) is 5.39. The van der Waals surface area contributed by atoms with Gasteiger partial charge in [-0.15, -0.1) is 0 Å². The zero-order valence-corrected chi connectivity index (χ0v) is 20.4. The second kappa shape index (κ2) is 11.5. The van der Waals surface area contributed by atoms with Gasteiger partial charge in [0.2, 0.25) is 10.0 Å². The van der Waals surface area contributed by atoms with E-state index in [0.29, 0.717) is 29.2 Å². The maximum Gasteiger partial charge on any atom is 0.417 e. The number of piperidine rings is 1. The molecule has 11 heteroatoms. The van der Waals surface area contributed by atoms with Crippen molar-refractivity contribution in [2.45, 2.75) is 30.3 Å². The van der Waals surface area contributed by atoms with E-state index in [1.54, 1.807) is 28.6 Å². The second-order valence-corrected chi connectivity index (χ2v) is 10.2. The van der Waals surface area contributed by atoms with Gasteiger partial charge in [0, 0.05) is 18.8 Å². The summed E-state index contributed by atoms with van der Waals surface area (Å²) in [5.41, 5.74) is 5.24. The Morgan fingerprint density at radius 2 is 1.54 bits per heavy atom. The van der Waals surface area contributed by atoms with Gasteiger partial charge in [-0.3, -0.25) is 0 Å². The second-order valence-electron chi connectivity index (χ2n) is 8.29. The molecule has 4 rings (SSSR count). The van der Waals surface area contributed by atoms with E-state index in [-0.39, 0.29) is 16.7 Å². The number of carbonyl (C=O) groups is 1. The van der Waals surface area contributed by atoms with Crippen LogP contribution in [0.5, 0.6) is 0 Å². The molecule has 0 saturated carbocycles. The number of nitrogen functional groups attached to an aromatic ring is 1. The Labute approximate surface area is 212 Å². The summed E-state index contributed by atoms with van der Waals surface area (Å²) >= 11 is 0. The molecule has 1 heterocycles. The molecule has 3 aromatic carbocycles. The minimum absolute atomic E-state index is 0.199. The summed E-state index contributed by atoms with van der Waals surface area (Å²) in [5, 5.41) is 17.6. The molecule has 1 saturated heterocycles. The Balaban J connectivity index is 0.000000213. The number of hydrogen-bond donors (Lipinski definition) is 2. The van der Waals surface area contributed by atoms with Crippen molar-refractivity contribution in [1.82, 2.24) is 4.31 Å². The topological polar surface area (TPSA) is 124 Å². The lowest BCUT2D eigenvalue weighted by Crippen LogP contribution is -2.35. The van der Waals surface area contributed by atoms with Gasteiger partial charge in [-0.2, -0.15) is 22.7 Å². The number of anilines is 1. The van der Waals surface area contributed by atoms with Crippen LogP contribution in [-0.4, -0.2) is 36.9 Å². The van der Waals surface area contributed by atoms with Crippen LogP contribution in [-0.2, 0) is 16.2 Å². The van der Waals surface area contributed by atoms with Crippen molar-refractivity contribution < 1.29 is 31.5 Å². The maximum absolute atomic E-state index is 13.0. The Morgan fingerprint density at radius 3 is 2.05 bits per heavy atom. The number of sulfonamides is 1. The number of carboxylic acid groups (broad SMARTS) is 1. The number of aromatic carboxylic acids is 1. The van der Waals surface area contributed by atoms with E-state index in [1.165, 1.54) is 24.3 Å². The zero-order chi connectivity index (χ0) is 27.2. The monoisotopic (exact) mass is 531 g/mol. The number of alkyl halides is 3. The van der Waals surface area contributed by atoms with Crippen LogP contribution in [0.1, 0.15) is 40.7 Å². The number of halogens is 3. The molecule has 1 aliphatic rings. The standard InChI is InChI=1S/C15H8F3NO2.C11H16N2O2S/c16-15(17,18)13-6-5-11(14(20)21)7-12(13)10-3-1-9(8-19)2-4-10;12-10-4-6-11(7-5-10)16(14,15)13-8-2-1-3-9-13/h1-7H,(H,20,21);4-7H,1-3,8-9,12H2. The first-order chi connectivity index (χ1) is 17.4. The van der Waals surface area contributed by atoms with Gasteiger partial charge in [-0.25, -0.2) is 13.2 Å². The molecule has 3 aromatic rings. The molecular weight excluding hydrogens is 507 g/mol. The molecule has 1 aliphatic heterocycles.